The van der Waals surface area contributed by atoms with Crippen molar-refractivity contribution >= 4 is 34.5 Å². The second kappa shape index (κ2) is 6.18. The minimum Gasteiger partial charge on any atom is -0.481 e. The second-order valence-electron chi connectivity index (χ2n) is 5.64. The monoisotopic (exact) mass is 351 g/mol. The number of amidine groups is 1. The third-order valence-corrected chi connectivity index (χ3v) is 5.10. The van der Waals surface area contributed by atoms with Crippen LogP contribution in [0.15, 0.2) is 58.7 Å². The van der Waals surface area contributed by atoms with E-state index in [1.165, 1.54) is 0 Å². The largest absolute Gasteiger partial charge is 0.481 e. The Morgan fingerprint density at radius 2 is 1.56 bits per heavy atom. The molecule has 0 saturated carbocycles. The first-order valence-corrected chi connectivity index (χ1v) is 8.55. The Morgan fingerprint density at radius 1 is 1.00 bits per heavy atom. The molecule has 0 aromatic heterocycles. The summed E-state index contributed by atoms with van der Waals surface area (Å²) >= 11 is 1.09. The molecule has 4 rings (SSSR count). The zero-order valence-corrected chi connectivity index (χ0v) is 13.8. The van der Waals surface area contributed by atoms with E-state index in [0.29, 0.717) is 5.17 Å². The van der Waals surface area contributed by atoms with E-state index in [9.17, 15) is 9.59 Å². The summed E-state index contributed by atoms with van der Waals surface area (Å²) in [6, 6.07) is 15.9. The number of carbonyl (C=O) groups is 2. The summed E-state index contributed by atoms with van der Waals surface area (Å²) in [6.45, 7) is 0. The van der Waals surface area contributed by atoms with Gasteiger partial charge in [-0.3, -0.25) is 9.59 Å². The van der Waals surface area contributed by atoms with E-state index in [-0.39, 0.29) is 12.3 Å². The van der Waals surface area contributed by atoms with Crippen molar-refractivity contribution < 1.29 is 14.7 Å². The zero-order valence-electron chi connectivity index (χ0n) is 13.0. The Labute approximate surface area is 147 Å². The van der Waals surface area contributed by atoms with Crippen LogP contribution in [-0.2, 0) is 9.59 Å². The maximum Gasteiger partial charge on any atom is 0.305 e. The molecule has 2 aliphatic rings. The number of carboxylic acids is 1. The van der Waals surface area contributed by atoms with E-state index >= 15 is 0 Å². The molecule has 1 atom stereocenters. The molecule has 0 radical (unpaired) electrons. The highest BCUT2D eigenvalue weighted by atomic mass is 32.2. The van der Waals surface area contributed by atoms with Crippen LogP contribution in [0, 0.1) is 0 Å². The molecule has 1 fully saturated rings. The normalized spacial score (nSPS) is 19.5. The highest BCUT2D eigenvalue weighted by molar-refractivity contribution is 8.15. The van der Waals surface area contributed by atoms with Crippen LogP contribution in [-0.4, -0.2) is 33.1 Å². The van der Waals surface area contributed by atoms with Gasteiger partial charge in [-0.25, -0.2) is 0 Å². The Hall–Kier alpha value is -2.93. The number of fused-ring (bicyclic) bond motifs is 3. The van der Waals surface area contributed by atoms with Gasteiger partial charge in [0.2, 0.25) is 5.91 Å². The first kappa shape index (κ1) is 15.6. The number of carboxylic acid groups (broad SMARTS) is 1. The number of hydrogen-bond acceptors (Lipinski definition) is 5. The molecule has 1 aliphatic carbocycles. The lowest BCUT2D eigenvalue weighted by molar-refractivity contribution is -0.138. The highest BCUT2D eigenvalue weighted by Crippen LogP contribution is 2.36. The number of hydrogen-bond donors (Lipinski definition) is 2. The molecule has 6 nitrogen and oxygen atoms in total. The van der Waals surface area contributed by atoms with Crippen LogP contribution in [0.3, 0.4) is 0 Å². The molecule has 2 aromatic rings. The van der Waals surface area contributed by atoms with Crippen molar-refractivity contribution in [3.8, 4) is 11.1 Å². The lowest BCUT2D eigenvalue weighted by atomic mass is 10.1. The van der Waals surface area contributed by atoms with Crippen molar-refractivity contribution in [1.29, 1.82) is 0 Å². The average molecular weight is 351 g/mol. The van der Waals surface area contributed by atoms with Crippen LogP contribution in [0.1, 0.15) is 17.5 Å². The lowest BCUT2D eigenvalue weighted by Gasteiger charge is -1.99. The number of aliphatic carboxylic acids is 1. The van der Waals surface area contributed by atoms with Gasteiger partial charge in [0.1, 0.15) is 11.0 Å². The predicted octanol–water partition coefficient (Wildman–Crippen LogP) is 2.48. The van der Waals surface area contributed by atoms with Crippen molar-refractivity contribution in [2.24, 2.45) is 10.2 Å². The fraction of sp³-hybridized carbons (Fsp3) is 0.111. The molecule has 0 bridgehead atoms. The van der Waals surface area contributed by atoms with Crippen LogP contribution in [0.25, 0.3) is 11.1 Å². The van der Waals surface area contributed by atoms with Gasteiger partial charge >= 0.3 is 5.97 Å². The molecule has 7 heteroatoms. The Balaban J connectivity index is 1.68. The Bertz CT molecular complexity index is 905. The number of benzene rings is 2. The van der Waals surface area contributed by atoms with E-state index in [0.717, 1.165) is 39.7 Å². The van der Waals surface area contributed by atoms with E-state index in [1.807, 2.05) is 48.5 Å². The molecular weight excluding hydrogens is 338 g/mol. The standard InChI is InChI=1S/C18H13N3O3S/c22-15(23)9-14-17(24)19-18(25-14)21-20-16-12-7-3-1-5-10(12)11-6-2-4-8-13(11)16/h1-8,14H,9H2,(H,22,23)(H,19,21,24)/t14-/m0/s1. The van der Waals surface area contributed by atoms with Crippen LogP contribution in [0.2, 0.25) is 0 Å². The minimum absolute atomic E-state index is 0.238. The molecule has 1 saturated heterocycles. The summed E-state index contributed by atoms with van der Waals surface area (Å²) in [5.41, 5.74) is 4.93. The van der Waals surface area contributed by atoms with E-state index in [4.69, 9.17) is 5.11 Å². The second-order valence-corrected chi connectivity index (χ2v) is 6.83. The number of carbonyl (C=O) groups excluding carboxylic acids is 1. The Morgan fingerprint density at radius 3 is 2.12 bits per heavy atom. The number of nitrogens with zero attached hydrogens (tertiary/aromatic N) is 2. The molecular formula is C18H13N3O3S. The predicted molar refractivity (Wildman–Crippen MR) is 96.7 cm³/mol. The van der Waals surface area contributed by atoms with E-state index in [1.54, 1.807) is 0 Å². The van der Waals surface area contributed by atoms with Gasteiger partial charge in [-0.1, -0.05) is 60.3 Å². The van der Waals surface area contributed by atoms with Gasteiger partial charge in [0.15, 0.2) is 5.17 Å². The minimum atomic E-state index is -1.01. The van der Waals surface area contributed by atoms with Crippen molar-refractivity contribution in [3.63, 3.8) is 0 Å². The van der Waals surface area contributed by atoms with Crippen LogP contribution < -0.4 is 5.32 Å². The topological polar surface area (TPSA) is 91.1 Å². The zero-order chi connectivity index (χ0) is 17.4. The average Bonchev–Trinajstić information content (AvgIpc) is 3.11. The molecule has 25 heavy (non-hydrogen) atoms. The van der Waals surface area contributed by atoms with Crippen molar-refractivity contribution in [3.05, 3.63) is 59.7 Å². The third kappa shape index (κ3) is 2.83. The van der Waals surface area contributed by atoms with Gasteiger partial charge in [-0.15, -0.1) is 10.2 Å². The molecule has 1 aliphatic heterocycles. The van der Waals surface area contributed by atoms with Gasteiger partial charge in [0.05, 0.1) is 6.42 Å². The summed E-state index contributed by atoms with van der Waals surface area (Å²) in [5, 5.41) is 19.6. The lowest BCUT2D eigenvalue weighted by Crippen LogP contribution is -2.26. The molecule has 2 aromatic carbocycles. The quantitative estimate of drug-likeness (QED) is 0.709. The maximum atomic E-state index is 11.8. The fourth-order valence-electron chi connectivity index (χ4n) is 2.94. The molecule has 124 valence electrons. The first-order valence-electron chi connectivity index (χ1n) is 7.67. The number of rotatable bonds is 3. The summed E-state index contributed by atoms with van der Waals surface area (Å²) in [5.74, 6) is -1.36. The van der Waals surface area contributed by atoms with Gasteiger partial charge in [0.25, 0.3) is 0 Å². The third-order valence-electron chi connectivity index (χ3n) is 4.03. The molecule has 1 amide bonds. The summed E-state index contributed by atoms with van der Waals surface area (Å²) in [7, 11) is 0. The number of thioether (sulfide) groups is 1. The highest BCUT2D eigenvalue weighted by Gasteiger charge is 2.32. The molecule has 1 heterocycles. The van der Waals surface area contributed by atoms with E-state index in [2.05, 4.69) is 15.5 Å². The van der Waals surface area contributed by atoms with Crippen LogP contribution >= 0.6 is 11.8 Å². The smallest absolute Gasteiger partial charge is 0.305 e. The number of amides is 1. The first-order chi connectivity index (χ1) is 12.1. The summed E-state index contributed by atoms with van der Waals surface area (Å²) in [6.07, 6.45) is -0.238. The van der Waals surface area contributed by atoms with E-state index < -0.39 is 11.2 Å². The van der Waals surface area contributed by atoms with Gasteiger partial charge in [0, 0.05) is 11.1 Å². The summed E-state index contributed by atoms with van der Waals surface area (Å²) in [4.78, 5) is 22.6. The fourth-order valence-corrected chi connectivity index (χ4v) is 3.85. The van der Waals surface area contributed by atoms with Gasteiger partial charge < -0.3 is 10.4 Å². The van der Waals surface area contributed by atoms with Crippen LogP contribution in [0.5, 0.6) is 0 Å². The van der Waals surface area contributed by atoms with Gasteiger partial charge in [-0.2, -0.15) is 0 Å². The van der Waals surface area contributed by atoms with Crippen LogP contribution in [0.4, 0.5) is 0 Å². The van der Waals surface area contributed by atoms with Crippen molar-refractivity contribution in [1.82, 2.24) is 5.32 Å². The Kier molecular flexibility index (Phi) is 3.85. The molecule has 2 N–H and O–H groups in total. The SMILES string of the molecule is O=C(O)C[C@@H]1S/C(=N\N=C2c3ccccc3-c3ccccc32)NC1=O. The number of nitrogens with one attached hydrogen (secondary N) is 1. The molecule has 0 spiro atoms. The molecule has 0 unspecified atom stereocenters. The van der Waals surface area contributed by atoms with Crippen molar-refractivity contribution in [2.45, 2.75) is 11.7 Å². The summed E-state index contributed by atoms with van der Waals surface area (Å²) < 4.78 is 0. The van der Waals surface area contributed by atoms with Crippen molar-refractivity contribution in [2.75, 3.05) is 0 Å². The maximum absolute atomic E-state index is 11.8. The van der Waals surface area contributed by atoms with Gasteiger partial charge in [-0.05, 0) is 11.1 Å².